The molecule has 1 amide bonds. The minimum Gasteiger partial charge on any atom is -0.478 e. The highest BCUT2D eigenvalue weighted by Gasteiger charge is 2.15. The van der Waals surface area contributed by atoms with Gasteiger partial charge in [0, 0.05) is 17.0 Å². The van der Waals surface area contributed by atoms with Crippen LogP contribution in [0.25, 0.3) is 0 Å². The summed E-state index contributed by atoms with van der Waals surface area (Å²) in [6, 6.07) is 14.2. The maximum atomic E-state index is 11.5. The van der Waals surface area contributed by atoms with Crippen molar-refractivity contribution in [1.82, 2.24) is 5.32 Å². The molecule has 1 aromatic heterocycles. The topological polar surface area (TPSA) is 130 Å². The Balaban J connectivity index is 0.000000359. The molecule has 0 saturated heterocycles. The highest BCUT2D eigenvalue weighted by Crippen LogP contribution is 2.22. The van der Waals surface area contributed by atoms with Gasteiger partial charge in [-0.2, -0.15) is 0 Å². The van der Waals surface area contributed by atoms with Gasteiger partial charge in [-0.3, -0.25) is 4.79 Å². The van der Waals surface area contributed by atoms with Crippen LogP contribution in [0.3, 0.4) is 0 Å². The molecule has 0 fully saturated rings. The van der Waals surface area contributed by atoms with E-state index in [0.717, 1.165) is 11.3 Å². The van der Waals surface area contributed by atoms with Crippen molar-refractivity contribution in [1.29, 1.82) is 0 Å². The summed E-state index contributed by atoms with van der Waals surface area (Å²) in [6.45, 7) is 0.0245. The van der Waals surface area contributed by atoms with Crippen LogP contribution in [0, 0.1) is 0 Å². The van der Waals surface area contributed by atoms with E-state index in [1.807, 2.05) is 35.7 Å². The van der Waals surface area contributed by atoms with Gasteiger partial charge in [0.1, 0.15) is 0 Å². The summed E-state index contributed by atoms with van der Waals surface area (Å²) in [5, 5.41) is 20.6. The third-order valence-electron chi connectivity index (χ3n) is 3.06. The van der Waals surface area contributed by atoms with E-state index in [4.69, 9.17) is 15.9 Å². The van der Waals surface area contributed by atoms with E-state index in [1.54, 1.807) is 11.3 Å². The van der Waals surface area contributed by atoms with Gasteiger partial charge < -0.3 is 21.3 Å². The van der Waals surface area contributed by atoms with Crippen molar-refractivity contribution in [3.8, 4) is 0 Å². The Kier molecular flexibility index (Phi) is 9.37. The lowest BCUT2D eigenvalue weighted by Gasteiger charge is -2.17. The van der Waals surface area contributed by atoms with E-state index in [-0.39, 0.29) is 18.5 Å². The molecular weight excluding hydrogens is 356 g/mol. The molecule has 7 nitrogen and oxygen atoms in total. The molecule has 1 atom stereocenters. The molecule has 0 bridgehead atoms. The molecule has 2 rings (SSSR count). The molecule has 8 heteroatoms. The van der Waals surface area contributed by atoms with Crippen LogP contribution in [-0.4, -0.2) is 34.6 Å². The predicted octanol–water partition coefficient (Wildman–Crippen LogP) is 1.82. The van der Waals surface area contributed by atoms with Crippen LogP contribution in [0.4, 0.5) is 0 Å². The molecular formula is C18H20N2O5S. The van der Waals surface area contributed by atoms with Crippen LogP contribution >= 0.6 is 11.3 Å². The van der Waals surface area contributed by atoms with Gasteiger partial charge >= 0.3 is 11.9 Å². The molecule has 0 aliphatic carbocycles. The Morgan fingerprint density at radius 2 is 1.65 bits per heavy atom. The number of carbonyl (C=O) groups is 3. The number of carbonyl (C=O) groups excluding carboxylic acids is 1. The van der Waals surface area contributed by atoms with Gasteiger partial charge in [-0.15, -0.1) is 11.3 Å². The van der Waals surface area contributed by atoms with Crippen molar-refractivity contribution < 1.29 is 24.6 Å². The molecule has 5 N–H and O–H groups in total. The number of hydrogen-bond donors (Lipinski definition) is 4. The number of amides is 1. The Bertz CT molecular complexity index is 713. The minimum atomic E-state index is -1.26. The lowest BCUT2D eigenvalue weighted by Crippen LogP contribution is -2.34. The van der Waals surface area contributed by atoms with E-state index < -0.39 is 11.9 Å². The molecule has 138 valence electrons. The summed E-state index contributed by atoms with van der Waals surface area (Å²) >= 11 is 1.65. The van der Waals surface area contributed by atoms with Gasteiger partial charge in [0.25, 0.3) is 0 Å². The van der Waals surface area contributed by atoms with Crippen molar-refractivity contribution in [3.63, 3.8) is 0 Å². The average molecular weight is 376 g/mol. The first kappa shape index (κ1) is 21.1. The molecule has 0 radical (unpaired) electrons. The second-order valence-electron chi connectivity index (χ2n) is 5.04. The van der Waals surface area contributed by atoms with Crippen molar-refractivity contribution in [2.45, 2.75) is 12.5 Å². The SMILES string of the molecule is NCC(=O)NC(Cc1ccccc1)c1cccs1.O=C(O)/C=C\C(=O)O. The third kappa shape index (κ3) is 8.76. The van der Waals surface area contributed by atoms with E-state index in [0.29, 0.717) is 12.2 Å². The number of nitrogens with two attached hydrogens (primary N) is 1. The summed E-state index contributed by atoms with van der Waals surface area (Å²) in [5.74, 6) is -2.64. The van der Waals surface area contributed by atoms with Crippen molar-refractivity contribution in [3.05, 3.63) is 70.4 Å². The monoisotopic (exact) mass is 376 g/mol. The number of aliphatic carboxylic acids is 2. The van der Waals surface area contributed by atoms with Crippen LogP contribution in [-0.2, 0) is 20.8 Å². The number of thiophene rings is 1. The number of rotatable bonds is 7. The van der Waals surface area contributed by atoms with Gasteiger partial charge in [0.15, 0.2) is 0 Å². The van der Waals surface area contributed by atoms with Crippen LogP contribution in [0.1, 0.15) is 16.5 Å². The molecule has 1 aromatic carbocycles. The number of hydrogen-bond acceptors (Lipinski definition) is 5. The molecule has 26 heavy (non-hydrogen) atoms. The smallest absolute Gasteiger partial charge is 0.328 e. The number of carboxylic acid groups (broad SMARTS) is 2. The molecule has 0 aliphatic heterocycles. The standard InChI is InChI=1S/C14H16N2OS.C4H4O4/c15-10-14(17)16-12(13-7-4-8-18-13)9-11-5-2-1-3-6-11;5-3(6)1-2-4(7)8/h1-8,12H,9-10,15H2,(H,16,17);1-2H,(H,5,6)(H,7,8)/b;2-1-. The van der Waals surface area contributed by atoms with Gasteiger partial charge in [-0.1, -0.05) is 36.4 Å². The van der Waals surface area contributed by atoms with Crippen LogP contribution in [0.2, 0.25) is 0 Å². The van der Waals surface area contributed by atoms with Crippen molar-refractivity contribution in [2.24, 2.45) is 5.73 Å². The van der Waals surface area contributed by atoms with Crippen LogP contribution in [0.15, 0.2) is 60.0 Å². The first-order valence-electron chi connectivity index (χ1n) is 7.63. The molecule has 2 aromatic rings. The Morgan fingerprint density at radius 1 is 1.04 bits per heavy atom. The van der Waals surface area contributed by atoms with Gasteiger partial charge in [-0.25, -0.2) is 9.59 Å². The normalized spacial score (nSPS) is 11.3. The van der Waals surface area contributed by atoms with Gasteiger partial charge in [0.2, 0.25) is 5.91 Å². The summed E-state index contributed by atoms with van der Waals surface area (Å²) in [5.41, 5.74) is 6.56. The first-order chi connectivity index (χ1) is 12.4. The zero-order valence-corrected chi connectivity index (χ0v) is 14.7. The maximum Gasteiger partial charge on any atom is 0.328 e. The maximum absolute atomic E-state index is 11.5. The Labute approximate surface area is 154 Å². The summed E-state index contributed by atoms with van der Waals surface area (Å²) in [7, 11) is 0. The molecule has 0 saturated carbocycles. The van der Waals surface area contributed by atoms with Gasteiger partial charge in [-0.05, 0) is 23.4 Å². The van der Waals surface area contributed by atoms with Crippen LogP contribution in [0.5, 0.6) is 0 Å². The molecule has 0 aliphatic rings. The lowest BCUT2D eigenvalue weighted by molar-refractivity contribution is -0.134. The number of nitrogens with one attached hydrogen (secondary N) is 1. The minimum absolute atomic E-state index is 0.00319. The highest BCUT2D eigenvalue weighted by molar-refractivity contribution is 7.10. The fourth-order valence-corrected chi connectivity index (χ4v) is 2.74. The Morgan fingerprint density at radius 3 is 2.12 bits per heavy atom. The quantitative estimate of drug-likeness (QED) is 0.545. The zero-order chi connectivity index (χ0) is 19.4. The highest BCUT2D eigenvalue weighted by atomic mass is 32.1. The van der Waals surface area contributed by atoms with Crippen molar-refractivity contribution in [2.75, 3.05) is 6.54 Å². The van der Waals surface area contributed by atoms with E-state index in [9.17, 15) is 14.4 Å². The number of carboxylic acids is 2. The molecule has 0 spiro atoms. The number of benzene rings is 1. The lowest BCUT2D eigenvalue weighted by atomic mass is 10.0. The fourth-order valence-electron chi connectivity index (χ4n) is 1.96. The summed E-state index contributed by atoms with van der Waals surface area (Å²) < 4.78 is 0. The average Bonchev–Trinajstić information content (AvgIpc) is 3.15. The fraction of sp³-hybridized carbons (Fsp3) is 0.167. The first-order valence-corrected chi connectivity index (χ1v) is 8.51. The second-order valence-corrected chi connectivity index (χ2v) is 6.02. The third-order valence-corrected chi connectivity index (χ3v) is 4.04. The largest absolute Gasteiger partial charge is 0.478 e. The van der Waals surface area contributed by atoms with Gasteiger partial charge in [0.05, 0.1) is 12.6 Å². The van der Waals surface area contributed by atoms with E-state index >= 15 is 0 Å². The molecule has 1 unspecified atom stereocenters. The van der Waals surface area contributed by atoms with Crippen molar-refractivity contribution >= 4 is 29.2 Å². The summed E-state index contributed by atoms with van der Waals surface area (Å²) in [6.07, 6.45) is 1.90. The van der Waals surface area contributed by atoms with E-state index in [2.05, 4.69) is 17.4 Å². The predicted molar refractivity (Wildman–Crippen MR) is 98.8 cm³/mol. The van der Waals surface area contributed by atoms with E-state index in [1.165, 1.54) is 5.56 Å². The summed E-state index contributed by atoms with van der Waals surface area (Å²) in [4.78, 5) is 31.7. The van der Waals surface area contributed by atoms with Crippen LogP contribution < -0.4 is 11.1 Å². The molecule has 1 heterocycles. The second kappa shape index (κ2) is 11.6. The zero-order valence-electron chi connectivity index (χ0n) is 13.9. The Hall–Kier alpha value is -2.97.